The first-order valence-electron chi connectivity index (χ1n) is 4.70. The van der Waals surface area contributed by atoms with E-state index in [1.807, 2.05) is 12.1 Å². The maximum absolute atomic E-state index is 10.4. The summed E-state index contributed by atoms with van der Waals surface area (Å²) in [5.74, 6) is -0.729. The first-order valence-corrected chi connectivity index (χ1v) is 7.14. The Morgan fingerprint density at radius 3 is 2.94 bits per heavy atom. The van der Waals surface area contributed by atoms with Crippen LogP contribution >= 0.6 is 46.0 Å². The van der Waals surface area contributed by atoms with Crippen LogP contribution in [0.4, 0.5) is 0 Å². The third kappa shape index (κ3) is 3.36. The standard InChI is InChI=1S/C10H6ClIN2O3S/c11-6-3-5(1-2-7(6)12)9-13-14-10(17-9)18-4-8(15)16/h1-3H,4H2,(H,15,16). The van der Waals surface area contributed by atoms with Crippen molar-refractivity contribution in [1.29, 1.82) is 0 Å². The molecule has 8 heteroatoms. The normalized spacial score (nSPS) is 10.6. The Morgan fingerprint density at radius 1 is 1.50 bits per heavy atom. The molecular formula is C10H6ClIN2O3S. The quantitative estimate of drug-likeness (QED) is 0.632. The Labute approximate surface area is 125 Å². The number of hydrogen-bond donors (Lipinski definition) is 1. The summed E-state index contributed by atoms with van der Waals surface area (Å²) in [6.07, 6.45) is 0. The zero-order valence-corrected chi connectivity index (χ0v) is 12.5. The molecule has 0 aliphatic carbocycles. The lowest BCUT2D eigenvalue weighted by Gasteiger charge is -1.97. The molecule has 0 bridgehead atoms. The topological polar surface area (TPSA) is 76.2 Å². The highest BCUT2D eigenvalue weighted by Gasteiger charge is 2.11. The van der Waals surface area contributed by atoms with Gasteiger partial charge in [0.2, 0.25) is 5.89 Å². The van der Waals surface area contributed by atoms with Crippen LogP contribution in [0, 0.1) is 3.57 Å². The van der Waals surface area contributed by atoms with Crippen LogP contribution in [-0.2, 0) is 4.79 Å². The Morgan fingerprint density at radius 2 is 2.28 bits per heavy atom. The highest BCUT2D eigenvalue weighted by Crippen LogP contribution is 2.27. The van der Waals surface area contributed by atoms with Crippen LogP contribution in [0.2, 0.25) is 5.02 Å². The zero-order valence-electron chi connectivity index (χ0n) is 8.76. The van der Waals surface area contributed by atoms with Crippen LogP contribution in [0.5, 0.6) is 0 Å². The molecule has 0 amide bonds. The van der Waals surface area contributed by atoms with Crippen LogP contribution < -0.4 is 0 Å². The van der Waals surface area contributed by atoms with Crippen molar-refractivity contribution in [2.75, 3.05) is 5.75 Å². The first-order chi connectivity index (χ1) is 8.56. The average Bonchev–Trinajstić information content (AvgIpc) is 2.79. The van der Waals surface area contributed by atoms with Gasteiger partial charge in [-0.05, 0) is 40.8 Å². The number of hydrogen-bond acceptors (Lipinski definition) is 5. The second-order valence-corrected chi connectivity index (χ2v) is 5.68. The van der Waals surface area contributed by atoms with Gasteiger partial charge in [0.15, 0.2) is 0 Å². The predicted molar refractivity (Wildman–Crippen MR) is 75.8 cm³/mol. The van der Waals surface area contributed by atoms with E-state index >= 15 is 0 Å². The molecule has 0 atom stereocenters. The number of aliphatic carboxylic acids is 1. The maximum atomic E-state index is 10.4. The molecule has 0 fully saturated rings. The van der Waals surface area contributed by atoms with Gasteiger partial charge in [0.1, 0.15) is 5.75 Å². The molecule has 0 saturated carbocycles. The van der Waals surface area contributed by atoms with Gasteiger partial charge in [-0.2, -0.15) is 0 Å². The van der Waals surface area contributed by atoms with E-state index in [-0.39, 0.29) is 11.0 Å². The molecule has 0 unspecified atom stereocenters. The van der Waals surface area contributed by atoms with Gasteiger partial charge >= 0.3 is 5.97 Å². The summed E-state index contributed by atoms with van der Waals surface area (Å²) < 4.78 is 6.26. The Kier molecular flexibility index (Phi) is 4.46. The summed E-state index contributed by atoms with van der Waals surface area (Å²) >= 11 is 9.09. The van der Waals surface area contributed by atoms with E-state index < -0.39 is 5.97 Å². The largest absolute Gasteiger partial charge is 0.481 e. The van der Waals surface area contributed by atoms with Crippen molar-refractivity contribution in [2.45, 2.75) is 5.22 Å². The number of rotatable bonds is 4. The Bertz CT molecular complexity index is 590. The van der Waals surface area contributed by atoms with Gasteiger partial charge in [0.05, 0.1) is 5.02 Å². The summed E-state index contributed by atoms with van der Waals surface area (Å²) in [6, 6.07) is 5.38. The van der Waals surface area contributed by atoms with E-state index in [2.05, 4.69) is 32.8 Å². The molecule has 1 aromatic heterocycles. The zero-order chi connectivity index (χ0) is 13.1. The van der Waals surface area contributed by atoms with Crippen LogP contribution in [0.25, 0.3) is 11.5 Å². The molecule has 94 valence electrons. The average molecular weight is 397 g/mol. The van der Waals surface area contributed by atoms with Gasteiger partial charge in [-0.15, -0.1) is 10.2 Å². The molecule has 1 aromatic carbocycles. The highest BCUT2D eigenvalue weighted by molar-refractivity contribution is 14.1. The number of aromatic nitrogens is 2. The van der Waals surface area contributed by atoms with Gasteiger partial charge in [-0.3, -0.25) is 4.79 Å². The number of carboxylic acids is 1. The Balaban J connectivity index is 2.18. The Hall–Kier alpha value is -0.800. The van der Waals surface area contributed by atoms with Crippen molar-refractivity contribution in [3.8, 4) is 11.5 Å². The first kappa shape index (κ1) is 13.6. The fraction of sp³-hybridized carbons (Fsp3) is 0.100. The molecule has 1 N–H and O–H groups in total. The summed E-state index contributed by atoms with van der Waals surface area (Å²) in [5, 5.41) is 17.0. The van der Waals surface area contributed by atoms with Gasteiger partial charge in [-0.25, -0.2) is 0 Å². The van der Waals surface area contributed by atoms with Crippen molar-refractivity contribution in [2.24, 2.45) is 0 Å². The minimum Gasteiger partial charge on any atom is -0.481 e. The monoisotopic (exact) mass is 396 g/mol. The lowest BCUT2D eigenvalue weighted by Crippen LogP contribution is -1.97. The molecule has 1 heterocycles. The van der Waals surface area contributed by atoms with Crippen LogP contribution in [0.3, 0.4) is 0 Å². The molecule has 18 heavy (non-hydrogen) atoms. The third-order valence-electron chi connectivity index (χ3n) is 1.89. The number of thioether (sulfide) groups is 1. The molecule has 0 spiro atoms. The van der Waals surface area contributed by atoms with Gasteiger partial charge in [-0.1, -0.05) is 23.4 Å². The van der Waals surface area contributed by atoms with E-state index in [0.29, 0.717) is 16.5 Å². The predicted octanol–water partition coefficient (Wildman–Crippen LogP) is 3.17. The van der Waals surface area contributed by atoms with Crippen molar-refractivity contribution in [3.63, 3.8) is 0 Å². The van der Waals surface area contributed by atoms with Crippen LogP contribution in [0.1, 0.15) is 0 Å². The molecular weight excluding hydrogens is 391 g/mol. The molecule has 0 saturated heterocycles. The van der Waals surface area contributed by atoms with Crippen LogP contribution in [-0.4, -0.2) is 27.0 Å². The van der Waals surface area contributed by atoms with E-state index in [4.69, 9.17) is 21.1 Å². The second kappa shape index (κ2) is 5.89. The van der Waals surface area contributed by atoms with E-state index in [1.165, 1.54) is 0 Å². The van der Waals surface area contributed by atoms with E-state index in [9.17, 15) is 4.79 Å². The van der Waals surface area contributed by atoms with Crippen molar-refractivity contribution < 1.29 is 14.3 Å². The van der Waals surface area contributed by atoms with Gasteiger partial charge in [0.25, 0.3) is 5.22 Å². The smallest absolute Gasteiger partial charge is 0.314 e. The minimum absolute atomic E-state index is 0.116. The second-order valence-electron chi connectivity index (χ2n) is 3.18. The molecule has 0 radical (unpaired) electrons. The van der Waals surface area contributed by atoms with Crippen molar-refractivity contribution in [1.82, 2.24) is 10.2 Å². The fourth-order valence-corrected chi connectivity index (χ4v) is 2.14. The summed E-state index contributed by atoms with van der Waals surface area (Å²) in [7, 11) is 0. The number of nitrogens with zero attached hydrogens (tertiary/aromatic N) is 2. The molecule has 2 rings (SSSR count). The number of carboxylic acid groups (broad SMARTS) is 1. The number of benzene rings is 1. The molecule has 0 aliphatic rings. The van der Waals surface area contributed by atoms with Gasteiger partial charge < -0.3 is 9.52 Å². The van der Waals surface area contributed by atoms with Crippen molar-refractivity contribution >= 4 is 51.9 Å². The minimum atomic E-state index is -0.933. The van der Waals surface area contributed by atoms with E-state index in [0.717, 1.165) is 15.3 Å². The fourth-order valence-electron chi connectivity index (χ4n) is 1.14. The molecule has 5 nitrogen and oxygen atoms in total. The van der Waals surface area contributed by atoms with Crippen molar-refractivity contribution in [3.05, 3.63) is 26.8 Å². The van der Waals surface area contributed by atoms with Crippen LogP contribution in [0.15, 0.2) is 27.8 Å². The SMILES string of the molecule is O=C(O)CSc1nnc(-c2ccc(I)c(Cl)c2)o1. The third-order valence-corrected chi connectivity index (χ3v) is 4.27. The molecule has 0 aliphatic heterocycles. The van der Waals surface area contributed by atoms with E-state index in [1.54, 1.807) is 6.07 Å². The highest BCUT2D eigenvalue weighted by atomic mass is 127. The number of carbonyl (C=O) groups is 1. The summed E-state index contributed by atoms with van der Waals surface area (Å²) in [4.78, 5) is 10.4. The summed E-state index contributed by atoms with van der Waals surface area (Å²) in [5.41, 5.74) is 0.704. The lowest BCUT2D eigenvalue weighted by atomic mass is 10.2. The lowest BCUT2D eigenvalue weighted by molar-refractivity contribution is -0.133. The number of halogens is 2. The molecule has 2 aromatic rings. The summed E-state index contributed by atoms with van der Waals surface area (Å²) in [6.45, 7) is 0. The van der Waals surface area contributed by atoms with Gasteiger partial charge in [0, 0.05) is 9.13 Å². The maximum Gasteiger partial charge on any atom is 0.314 e.